The van der Waals surface area contributed by atoms with Crippen LogP contribution < -0.4 is 10.5 Å². The van der Waals surface area contributed by atoms with Crippen molar-refractivity contribution in [3.63, 3.8) is 0 Å². The van der Waals surface area contributed by atoms with Gasteiger partial charge in [0.05, 0.1) is 5.02 Å². The summed E-state index contributed by atoms with van der Waals surface area (Å²) in [5.41, 5.74) is 7.47. The van der Waals surface area contributed by atoms with E-state index in [0.717, 1.165) is 5.56 Å². The number of nitrogens with two attached hydrogens (primary N) is 1. The molecule has 3 nitrogen and oxygen atoms in total. The fourth-order valence-electron chi connectivity index (χ4n) is 1.60. The van der Waals surface area contributed by atoms with Gasteiger partial charge >= 0.3 is 0 Å². The predicted octanol–water partition coefficient (Wildman–Crippen LogP) is 4.41. The van der Waals surface area contributed by atoms with E-state index in [2.05, 4.69) is 25.8 Å². The first kappa shape index (κ1) is 13.7. The van der Waals surface area contributed by atoms with Crippen molar-refractivity contribution in [3.05, 3.63) is 47.1 Å². The van der Waals surface area contributed by atoms with Crippen LogP contribution in [0.4, 0.5) is 5.69 Å². The topological polar surface area (TPSA) is 48.1 Å². The minimum absolute atomic E-state index is 0.0738. The zero-order valence-corrected chi connectivity index (χ0v) is 12.0. The zero-order chi connectivity index (χ0) is 14.0. The molecule has 1 aromatic carbocycles. The normalized spacial score (nSPS) is 11.4. The molecule has 19 heavy (non-hydrogen) atoms. The molecule has 0 saturated heterocycles. The van der Waals surface area contributed by atoms with Crippen molar-refractivity contribution in [3.8, 4) is 11.6 Å². The van der Waals surface area contributed by atoms with Crippen LogP contribution in [0.5, 0.6) is 11.6 Å². The Hall–Kier alpha value is -1.74. The lowest BCUT2D eigenvalue weighted by Crippen LogP contribution is -2.11. The van der Waals surface area contributed by atoms with Crippen LogP contribution in [0, 0.1) is 0 Å². The molecule has 4 heteroatoms. The van der Waals surface area contributed by atoms with Crippen LogP contribution in [-0.2, 0) is 5.41 Å². The van der Waals surface area contributed by atoms with Gasteiger partial charge in [-0.3, -0.25) is 0 Å². The lowest BCUT2D eigenvalue weighted by molar-refractivity contribution is 0.461. The largest absolute Gasteiger partial charge is 0.437 e. The van der Waals surface area contributed by atoms with Crippen molar-refractivity contribution in [2.45, 2.75) is 26.2 Å². The number of hydrogen-bond acceptors (Lipinski definition) is 3. The van der Waals surface area contributed by atoms with Crippen molar-refractivity contribution in [2.75, 3.05) is 5.73 Å². The first-order valence-electron chi connectivity index (χ1n) is 6.06. The average molecular weight is 277 g/mol. The van der Waals surface area contributed by atoms with E-state index < -0.39 is 0 Å². The maximum Gasteiger partial charge on any atom is 0.219 e. The number of anilines is 1. The average Bonchev–Trinajstić information content (AvgIpc) is 2.32. The Kier molecular flexibility index (Phi) is 3.67. The van der Waals surface area contributed by atoms with Crippen LogP contribution in [0.1, 0.15) is 26.3 Å². The standard InChI is InChI=1S/C15H17ClN2O/c1-15(2,3)10-4-7-14(18-9-10)19-13-6-5-11(17)8-12(13)16/h4-9H,17H2,1-3H3. The van der Waals surface area contributed by atoms with E-state index in [9.17, 15) is 0 Å². The molecule has 2 aromatic rings. The van der Waals surface area contributed by atoms with Gasteiger partial charge in [0.1, 0.15) is 5.75 Å². The Bertz CT molecular complexity index is 574. The first-order chi connectivity index (χ1) is 8.86. The lowest BCUT2D eigenvalue weighted by Gasteiger charge is -2.18. The Morgan fingerprint density at radius 3 is 2.42 bits per heavy atom. The highest BCUT2D eigenvalue weighted by molar-refractivity contribution is 6.32. The van der Waals surface area contributed by atoms with E-state index >= 15 is 0 Å². The Morgan fingerprint density at radius 1 is 1.16 bits per heavy atom. The number of nitrogens with zero attached hydrogens (tertiary/aromatic N) is 1. The highest BCUT2D eigenvalue weighted by Crippen LogP contribution is 2.30. The number of hydrogen-bond donors (Lipinski definition) is 1. The molecular formula is C15H17ClN2O. The second-order valence-electron chi connectivity index (χ2n) is 5.43. The first-order valence-corrected chi connectivity index (χ1v) is 6.43. The quantitative estimate of drug-likeness (QED) is 0.827. The summed E-state index contributed by atoms with van der Waals surface area (Å²) in [6, 6.07) is 8.98. The van der Waals surface area contributed by atoms with Gasteiger partial charge in [0.25, 0.3) is 0 Å². The van der Waals surface area contributed by atoms with E-state index in [-0.39, 0.29) is 5.41 Å². The number of benzene rings is 1. The summed E-state index contributed by atoms with van der Waals surface area (Å²) in [5, 5.41) is 0.474. The number of ether oxygens (including phenoxy) is 1. The molecule has 2 N–H and O–H groups in total. The third-order valence-electron chi connectivity index (χ3n) is 2.77. The maximum atomic E-state index is 6.05. The van der Waals surface area contributed by atoms with Gasteiger partial charge in [0.2, 0.25) is 5.88 Å². The fraction of sp³-hybridized carbons (Fsp3) is 0.267. The summed E-state index contributed by atoms with van der Waals surface area (Å²) in [4.78, 5) is 4.29. The lowest BCUT2D eigenvalue weighted by atomic mass is 9.88. The van der Waals surface area contributed by atoms with E-state index in [4.69, 9.17) is 22.1 Å². The summed E-state index contributed by atoms with van der Waals surface area (Å²) in [5.74, 6) is 1.06. The van der Waals surface area contributed by atoms with Crippen molar-refractivity contribution in [2.24, 2.45) is 0 Å². The van der Waals surface area contributed by atoms with E-state index in [1.165, 1.54) is 0 Å². The van der Waals surface area contributed by atoms with Crippen LogP contribution in [0.25, 0.3) is 0 Å². The minimum Gasteiger partial charge on any atom is -0.437 e. The third-order valence-corrected chi connectivity index (χ3v) is 3.07. The van der Waals surface area contributed by atoms with Crippen LogP contribution >= 0.6 is 11.6 Å². The maximum absolute atomic E-state index is 6.05. The van der Waals surface area contributed by atoms with Crippen molar-refractivity contribution >= 4 is 17.3 Å². The SMILES string of the molecule is CC(C)(C)c1ccc(Oc2ccc(N)cc2Cl)nc1. The molecule has 1 heterocycles. The Balaban J connectivity index is 2.20. The Labute approximate surface area is 118 Å². The highest BCUT2D eigenvalue weighted by atomic mass is 35.5. The molecule has 0 radical (unpaired) electrons. The van der Waals surface area contributed by atoms with Gasteiger partial charge in [-0.25, -0.2) is 4.98 Å². The molecule has 0 aliphatic carbocycles. The summed E-state index contributed by atoms with van der Waals surface area (Å²) in [6.45, 7) is 6.42. The van der Waals surface area contributed by atoms with E-state index in [0.29, 0.717) is 22.3 Å². The summed E-state index contributed by atoms with van der Waals surface area (Å²) in [6.07, 6.45) is 1.82. The molecule has 1 aromatic heterocycles. The van der Waals surface area contributed by atoms with Crippen molar-refractivity contribution < 1.29 is 4.74 Å². The molecule has 0 bridgehead atoms. The molecule has 0 amide bonds. The summed E-state index contributed by atoms with van der Waals surface area (Å²) in [7, 11) is 0. The summed E-state index contributed by atoms with van der Waals surface area (Å²) >= 11 is 6.05. The van der Waals surface area contributed by atoms with Crippen LogP contribution in [0.15, 0.2) is 36.5 Å². The number of rotatable bonds is 2. The van der Waals surface area contributed by atoms with E-state index in [1.54, 1.807) is 18.2 Å². The second kappa shape index (κ2) is 5.10. The number of pyridine rings is 1. The molecule has 0 aliphatic heterocycles. The van der Waals surface area contributed by atoms with Crippen molar-refractivity contribution in [1.29, 1.82) is 0 Å². The van der Waals surface area contributed by atoms with Gasteiger partial charge in [0.15, 0.2) is 0 Å². The van der Waals surface area contributed by atoms with E-state index in [1.807, 2.05) is 18.3 Å². The smallest absolute Gasteiger partial charge is 0.219 e. The molecule has 0 atom stereocenters. The minimum atomic E-state index is 0.0738. The molecule has 0 spiro atoms. The van der Waals surface area contributed by atoms with Gasteiger partial charge in [-0.1, -0.05) is 38.4 Å². The van der Waals surface area contributed by atoms with Crippen LogP contribution in [0.2, 0.25) is 5.02 Å². The molecule has 0 fully saturated rings. The van der Waals surface area contributed by atoms with Gasteiger partial charge in [-0.15, -0.1) is 0 Å². The zero-order valence-electron chi connectivity index (χ0n) is 11.3. The highest BCUT2D eigenvalue weighted by Gasteiger charge is 2.14. The molecule has 2 rings (SSSR count). The van der Waals surface area contributed by atoms with Gasteiger partial charge in [-0.05, 0) is 29.2 Å². The molecule has 0 aliphatic rings. The van der Waals surface area contributed by atoms with Crippen LogP contribution in [0.3, 0.4) is 0 Å². The Morgan fingerprint density at radius 2 is 1.89 bits per heavy atom. The fourth-order valence-corrected chi connectivity index (χ4v) is 1.82. The second-order valence-corrected chi connectivity index (χ2v) is 5.83. The van der Waals surface area contributed by atoms with Crippen molar-refractivity contribution in [1.82, 2.24) is 4.98 Å². The number of aromatic nitrogens is 1. The molecular weight excluding hydrogens is 260 g/mol. The monoisotopic (exact) mass is 276 g/mol. The van der Waals surface area contributed by atoms with Gasteiger partial charge in [0, 0.05) is 18.0 Å². The number of halogens is 1. The third kappa shape index (κ3) is 3.38. The predicted molar refractivity (Wildman–Crippen MR) is 78.9 cm³/mol. The summed E-state index contributed by atoms with van der Waals surface area (Å²) < 4.78 is 5.63. The number of nitrogen functional groups attached to an aromatic ring is 1. The van der Waals surface area contributed by atoms with Gasteiger partial charge < -0.3 is 10.5 Å². The molecule has 100 valence electrons. The van der Waals surface area contributed by atoms with Gasteiger partial charge in [-0.2, -0.15) is 0 Å². The van der Waals surface area contributed by atoms with Crippen LogP contribution in [-0.4, -0.2) is 4.98 Å². The molecule has 0 unspecified atom stereocenters. The molecule has 0 saturated carbocycles.